The van der Waals surface area contributed by atoms with Crippen LogP contribution in [0.3, 0.4) is 0 Å². The van der Waals surface area contributed by atoms with Crippen molar-refractivity contribution in [1.29, 1.82) is 5.26 Å². The van der Waals surface area contributed by atoms with Crippen molar-refractivity contribution in [1.82, 2.24) is 4.57 Å². The third-order valence-electron chi connectivity index (χ3n) is 7.78. The summed E-state index contributed by atoms with van der Waals surface area (Å²) in [4.78, 5) is 33.5. The zero-order valence-corrected chi connectivity index (χ0v) is 27.3. The van der Waals surface area contributed by atoms with Gasteiger partial charge in [-0.05, 0) is 54.5 Å². The van der Waals surface area contributed by atoms with Crippen LogP contribution in [0.4, 0.5) is 0 Å². The molecule has 6 rings (SSSR count). The van der Waals surface area contributed by atoms with Crippen LogP contribution in [0.15, 0.2) is 112 Å². The summed E-state index contributed by atoms with van der Waals surface area (Å²) in [6.07, 6.45) is 1.78. The lowest BCUT2D eigenvalue weighted by molar-refractivity contribution is -0.138. The van der Waals surface area contributed by atoms with E-state index < -0.39 is 12.0 Å². The molecule has 0 radical (unpaired) electrons. The molecular formula is C38H31N3O6S. The molecule has 0 aliphatic carbocycles. The zero-order valence-electron chi connectivity index (χ0n) is 26.5. The summed E-state index contributed by atoms with van der Waals surface area (Å²) in [7, 11) is 3.08. The van der Waals surface area contributed by atoms with Crippen LogP contribution in [0, 0.1) is 11.3 Å². The number of fused-ring (bicyclic) bond motifs is 1. The highest BCUT2D eigenvalue weighted by molar-refractivity contribution is 7.07. The highest BCUT2D eigenvalue weighted by Gasteiger charge is 2.35. The minimum Gasteiger partial charge on any atom is -0.493 e. The molecule has 0 amide bonds. The molecule has 1 aliphatic heterocycles. The number of ether oxygens (including phenoxy) is 4. The molecule has 0 spiro atoms. The van der Waals surface area contributed by atoms with Gasteiger partial charge in [0.15, 0.2) is 16.3 Å². The van der Waals surface area contributed by atoms with E-state index in [9.17, 15) is 9.59 Å². The maximum atomic E-state index is 14.4. The zero-order chi connectivity index (χ0) is 33.6. The number of rotatable bonds is 10. The van der Waals surface area contributed by atoms with Crippen molar-refractivity contribution in [2.75, 3.05) is 20.8 Å². The van der Waals surface area contributed by atoms with Crippen molar-refractivity contribution in [3.8, 4) is 23.3 Å². The van der Waals surface area contributed by atoms with E-state index in [2.05, 4.69) is 6.07 Å². The van der Waals surface area contributed by atoms with Gasteiger partial charge in [0.2, 0.25) is 0 Å². The van der Waals surface area contributed by atoms with Gasteiger partial charge in [-0.15, -0.1) is 0 Å². The lowest BCUT2D eigenvalue weighted by Gasteiger charge is -2.26. The minimum absolute atomic E-state index is 0.146. The first-order valence-electron chi connectivity index (χ1n) is 15.2. The second-order valence-electron chi connectivity index (χ2n) is 10.7. The number of benzene rings is 4. The predicted molar refractivity (Wildman–Crippen MR) is 183 cm³/mol. The number of nitriles is 1. The number of carbonyl (C=O) groups is 1. The number of para-hydroxylation sites is 1. The number of thiazole rings is 1. The molecule has 10 heteroatoms. The highest BCUT2D eigenvalue weighted by atomic mass is 32.1. The molecule has 0 N–H and O–H groups in total. The molecule has 0 unspecified atom stereocenters. The van der Waals surface area contributed by atoms with Crippen LogP contribution < -0.4 is 29.1 Å². The van der Waals surface area contributed by atoms with Crippen LogP contribution in [0.2, 0.25) is 0 Å². The second kappa shape index (κ2) is 14.2. The maximum absolute atomic E-state index is 14.4. The largest absolute Gasteiger partial charge is 0.493 e. The summed E-state index contributed by atoms with van der Waals surface area (Å²) in [5.41, 5.74) is 3.85. The van der Waals surface area contributed by atoms with Crippen LogP contribution in [0.1, 0.15) is 40.8 Å². The molecule has 1 aromatic heterocycles. The number of aromatic nitrogens is 1. The molecule has 0 bridgehead atoms. The Kier molecular flexibility index (Phi) is 9.50. The van der Waals surface area contributed by atoms with Gasteiger partial charge in [0.25, 0.3) is 5.56 Å². The van der Waals surface area contributed by atoms with Gasteiger partial charge in [-0.2, -0.15) is 5.26 Å². The molecule has 1 aliphatic rings. The number of esters is 1. The van der Waals surface area contributed by atoms with E-state index in [1.165, 1.54) is 23.0 Å². The Morgan fingerprint density at radius 3 is 2.38 bits per heavy atom. The molecule has 2 heterocycles. The van der Waals surface area contributed by atoms with Crippen molar-refractivity contribution in [2.24, 2.45) is 4.99 Å². The molecule has 4 aromatic carbocycles. The SMILES string of the molecule is CCOC(=O)C1=C(c2ccccc2)N=c2s/c(=C\c3ccccc3OCc3ccc(C#N)cc3)c(=O)n2[C@@H]1c1ccc(OC)c(OC)c1. The fourth-order valence-corrected chi connectivity index (χ4v) is 6.48. The van der Waals surface area contributed by atoms with Crippen molar-refractivity contribution >= 4 is 29.1 Å². The monoisotopic (exact) mass is 657 g/mol. The van der Waals surface area contributed by atoms with Gasteiger partial charge in [0.1, 0.15) is 12.4 Å². The molecule has 0 saturated carbocycles. The smallest absolute Gasteiger partial charge is 0.338 e. The summed E-state index contributed by atoms with van der Waals surface area (Å²) in [6, 6.07) is 30.6. The number of hydrogen-bond donors (Lipinski definition) is 0. The summed E-state index contributed by atoms with van der Waals surface area (Å²) in [6.45, 7) is 2.16. The molecule has 48 heavy (non-hydrogen) atoms. The number of hydrogen-bond acceptors (Lipinski definition) is 9. The van der Waals surface area contributed by atoms with Gasteiger partial charge in [-0.25, -0.2) is 9.79 Å². The lowest BCUT2D eigenvalue weighted by Crippen LogP contribution is -2.40. The first-order chi connectivity index (χ1) is 23.4. The van der Waals surface area contributed by atoms with Crippen molar-refractivity contribution < 1.29 is 23.7 Å². The number of carbonyl (C=O) groups excluding carboxylic acids is 1. The first kappa shape index (κ1) is 32.0. The molecule has 240 valence electrons. The second-order valence-corrected chi connectivity index (χ2v) is 11.7. The van der Waals surface area contributed by atoms with Gasteiger partial charge >= 0.3 is 5.97 Å². The Labute approximate surface area is 280 Å². The van der Waals surface area contributed by atoms with Crippen LogP contribution in [0.5, 0.6) is 17.2 Å². The van der Waals surface area contributed by atoms with E-state index in [0.29, 0.717) is 54.5 Å². The van der Waals surface area contributed by atoms with Crippen LogP contribution >= 0.6 is 11.3 Å². The summed E-state index contributed by atoms with van der Waals surface area (Å²) in [5, 5.41) is 9.11. The Balaban J connectivity index is 1.52. The van der Waals surface area contributed by atoms with Crippen LogP contribution in [0.25, 0.3) is 11.8 Å². The molecule has 0 saturated heterocycles. The lowest BCUT2D eigenvalue weighted by atomic mass is 9.93. The fraction of sp³-hybridized carbons (Fsp3) is 0.158. The Hall–Kier alpha value is -5.92. The van der Waals surface area contributed by atoms with E-state index in [1.54, 1.807) is 44.4 Å². The average Bonchev–Trinajstić information content (AvgIpc) is 3.44. The third-order valence-corrected chi connectivity index (χ3v) is 8.76. The molecule has 1 atom stereocenters. The predicted octanol–water partition coefficient (Wildman–Crippen LogP) is 5.40. The van der Waals surface area contributed by atoms with Gasteiger partial charge in [0, 0.05) is 11.1 Å². The van der Waals surface area contributed by atoms with Gasteiger partial charge in [-0.3, -0.25) is 9.36 Å². The maximum Gasteiger partial charge on any atom is 0.338 e. The Morgan fingerprint density at radius 2 is 1.67 bits per heavy atom. The fourth-order valence-electron chi connectivity index (χ4n) is 5.49. The van der Waals surface area contributed by atoms with Gasteiger partial charge in [-0.1, -0.05) is 78.1 Å². The molecule has 9 nitrogen and oxygen atoms in total. The van der Waals surface area contributed by atoms with Crippen LogP contribution in [-0.4, -0.2) is 31.4 Å². The van der Waals surface area contributed by atoms with E-state index in [0.717, 1.165) is 5.56 Å². The summed E-state index contributed by atoms with van der Waals surface area (Å²) >= 11 is 1.23. The summed E-state index contributed by atoms with van der Waals surface area (Å²) in [5.74, 6) is 0.972. The average molecular weight is 658 g/mol. The number of methoxy groups -OCH3 is 2. The third kappa shape index (κ3) is 6.36. The normalized spacial score (nSPS) is 14.0. The van der Waals surface area contributed by atoms with Crippen molar-refractivity contribution in [2.45, 2.75) is 19.6 Å². The quantitative estimate of drug-likeness (QED) is 0.185. The van der Waals surface area contributed by atoms with Gasteiger partial charge in [0.05, 0.1) is 54.3 Å². The Bertz CT molecular complexity index is 2230. The molecule has 5 aromatic rings. The van der Waals surface area contributed by atoms with Crippen molar-refractivity contribution in [3.05, 3.63) is 150 Å². The Morgan fingerprint density at radius 1 is 0.938 bits per heavy atom. The van der Waals surface area contributed by atoms with E-state index in [4.69, 9.17) is 29.2 Å². The first-order valence-corrected chi connectivity index (χ1v) is 16.0. The van der Waals surface area contributed by atoms with Gasteiger partial charge < -0.3 is 18.9 Å². The van der Waals surface area contributed by atoms with E-state index >= 15 is 0 Å². The minimum atomic E-state index is -0.875. The van der Waals surface area contributed by atoms with E-state index in [1.807, 2.05) is 72.8 Å². The standard InChI is InChI=1S/C38H31N3O6S/c1-4-46-37(43)33-34(26-10-6-5-7-11-26)40-38-41(35(33)28-18-19-30(44-2)31(20-28)45-3)36(42)32(48-38)21-27-12-8-9-13-29(27)47-23-25-16-14-24(22-39)15-17-25/h5-21,35H,4,23H2,1-3H3/b32-21-/t35-/m1/s1. The molecule has 0 fully saturated rings. The van der Waals surface area contributed by atoms with Crippen molar-refractivity contribution in [3.63, 3.8) is 0 Å². The topological polar surface area (TPSA) is 112 Å². The van der Waals surface area contributed by atoms with E-state index in [-0.39, 0.29) is 24.3 Å². The highest BCUT2D eigenvalue weighted by Crippen LogP contribution is 2.38. The summed E-state index contributed by atoms with van der Waals surface area (Å²) < 4.78 is 24.8. The molecular weight excluding hydrogens is 627 g/mol. The number of nitrogens with zero attached hydrogens (tertiary/aromatic N) is 3. The van der Waals surface area contributed by atoms with Crippen LogP contribution in [-0.2, 0) is 16.1 Å².